The lowest BCUT2D eigenvalue weighted by molar-refractivity contribution is -0.151. The van der Waals surface area contributed by atoms with Gasteiger partial charge in [0.15, 0.2) is 0 Å². The predicted molar refractivity (Wildman–Crippen MR) is 93.1 cm³/mol. The van der Waals surface area contributed by atoms with Crippen molar-refractivity contribution in [1.82, 2.24) is 0 Å². The molecule has 1 rings (SSSR count). The summed E-state index contributed by atoms with van der Waals surface area (Å²) in [7, 11) is 0. The van der Waals surface area contributed by atoms with Gasteiger partial charge in [-0.05, 0) is 50.5 Å². The highest BCUT2D eigenvalue weighted by Gasteiger charge is 2.24. The van der Waals surface area contributed by atoms with Gasteiger partial charge in [-0.1, -0.05) is 26.0 Å². The zero-order chi connectivity index (χ0) is 19.0. The minimum atomic E-state index is -1.05. The van der Waals surface area contributed by atoms with Crippen molar-refractivity contribution in [3.63, 3.8) is 0 Å². The van der Waals surface area contributed by atoms with Crippen LogP contribution in [0.15, 0.2) is 29.8 Å². The minimum absolute atomic E-state index is 0.114. The summed E-state index contributed by atoms with van der Waals surface area (Å²) < 4.78 is 10.5. The van der Waals surface area contributed by atoms with Crippen LogP contribution < -0.4 is 0 Å². The van der Waals surface area contributed by atoms with Crippen LogP contribution >= 0.6 is 0 Å². The van der Waals surface area contributed by atoms with Gasteiger partial charge in [0.2, 0.25) is 0 Å². The van der Waals surface area contributed by atoms with Crippen LogP contribution in [0.4, 0.5) is 0 Å². The Kier molecular flexibility index (Phi) is 7.85. The van der Waals surface area contributed by atoms with Gasteiger partial charge in [0.25, 0.3) is 0 Å². The third-order valence-corrected chi connectivity index (χ3v) is 3.67. The van der Waals surface area contributed by atoms with E-state index in [4.69, 9.17) is 14.6 Å². The molecule has 6 nitrogen and oxygen atoms in total. The average Bonchev–Trinajstić information content (AvgIpc) is 2.59. The van der Waals surface area contributed by atoms with Gasteiger partial charge in [-0.25, -0.2) is 14.4 Å². The summed E-state index contributed by atoms with van der Waals surface area (Å²) in [5.74, 6) is -2.57. The smallest absolute Gasteiger partial charge is 0.345 e. The summed E-state index contributed by atoms with van der Waals surface area (Å²) in [6, 6.07) is 5.81. The molecule has 0 radical (unpaired) electrons. The monoisotopic (exact) mass is 348 g/mol. The number of hydrogen-bond donors (Lipinski definition) is 1. The van der Waals surface area contributed by atoms with Crippen LogP contribution in [0.2, 0.25) is 0 Å². The maximum atomic E-state index is 12.3. The highest BCUT2D eigenvalue weighted by Crippen LogP contribution is 2.15. The Morgan fingerprint density at radius 1 is 0.960 bits per heavy atom. The lowest BCUT2D eigenvalue weighted by atomic mass is 10.1. The highest BCUT2D eigenvalue weighted by molar-refractivity contribution is 6.17. The number of carbonyl (C=O) groups excluding carboxylic acids is 2. The molecule has 1 N–H and O–H groups in total. The fourth-order valence-corrected chi connectivity index (χ4v) is 1.75. The molecule has 0 aromatic heterocycles. The van der Waals surface area contributed by atoms with Gasteiger partial charge in [0, 0.05) is 0 Å². The van der Waals surface area contributed by atoms with E-state index in [9.17, 15) is 14.4 Å². The summed E-state index contributed by atoms with van der Waals surface area (Å²) >= 11 is 0. The molecule has 0 bridgehead atoms. The first-order valence-electron chi connectivity index (χ1n) is 8.25. The lowest BCUT2D eigenvalue weighted by Gasteiger charge is -2.15. The molecule has 0 aliphatic rings. The normalized spacial score (nSPS) is 12.6. The standard InChI is InChI=1S/C19H24O6/c1-5-12(3)24-18(22)16(19(23)25-13(4)6-2)11-14-7-9-15(10-8-14)17(20)21/h7-13H,5-6H2,1-4H3,(H,20,21). The van der Waals surface area contributed by atoms with Gasteiger partial charge in [0.05, 0.1) is 17.8 Å². The van der Waals surface area contributed by atoms with Crippen molar-refractivity contribution in [2.75, 3.05) is 0 Å². The van der Waals surface area contributed by atoms with Crippen LogP contribution in [0.3, 0.4) is 0 Å². The molecule has 0 aliphatic carbocycles. The number of rotatable bonds is 8. The molecular formula is C19H24O6. The molecule has 2 unspecified atom stereocenters. The van der Waals surface area contributed by atoms with Crippen LogP contribution in [-0.4, -0.2) is 35.2 Å². The van der Waals surface area contributed by atoms with E-state index in [2.05, 4.69) is 0 Å². The molecule has 0 spiro atoms. The molecule has 1 aromatic rings. The Hall–Kier alpha value is -2.63. The molecule has 0 saturated carbocycles. The van der Waals surface area contributed by atoms with Crippen molar-refractivity contribution < 1.29 is 29.0 Å². The number of benzene rings is 1. The van der Waals surface area contributed by atoms with Crippen LogP contribution in [0, 0.1) is 0 Å². The van der Waals surface area contributed by atoms with Crippen molar-refractivity contribution in [3.8, 4) is 0 Å². The van der Waals surface area contributed by atoms with Crippen LogP contribution in [0.1, 0.15) is 56.5 Å². The Labute approximate surface area is 147 Å². The second-order valence-corrected chi connectivity index (χ2v) is 5.73. The van der Waals surface area contributed by atoms with E-state index in [1.165, 1.54) is 30.3 Å². The summed E-state index contributed by atoms with van der Waals surface area (Å²) in [6.07, 6.45) is 1.92. The van der Waals surface area contributed by atoms with Crippen molar-refractivity contribution in [2.45, 2.75) is 52.7 Å². The van der Waals surface area contributed by atoms with Gasteiger partial charge < -0.3 is 14.6 Å². The Balaban J connectivity index is 3.13. The fourth-order valence-electron chi connectivity index (χ4n) is 1.75. The SMILES string of the molecule is CCC(C)OC(=O)C(=Cc1ccc(C(=O)O)cc1)C(=O)OC(C)CC. The van der Waals surface area contributed by atoms with E-state index in [1.807, 2.05) is 13.8 Å². The average molecular weight is 348 g/mol. The van der Waals surface area contributed by atoms with Crippen molar-refractivity contribution in [2.24, 2.45) is 0 Å². The second kappa shape index (κ2) is 9.61. The van der Waals surface area contributed by atoms with Gasteiger partial charge in [-0.3, -0.25) is 0 Å². The van der Waals surface area contributed by atoms with Crippen LogP contribution in [0.5, 0.6) is 0 Å². The van der Waals surface area contributed by atoms with E-state index >= 15 is 0 Å². The molecule has 0 fully saturated rings. The summed E-state index contributed by atoms with van der Waals surface area (Å²) in [6.45, 7) is 7.20. The summed E-state index contributed by atoms with van der Waals surface area (Å²) in [5, 5.41) is 8.92. The molecule has 0 heterocycles. The Morgan fingerprint density at radius 2 is 1.40 bits per heavy atom. The molecule has 6 heteroatoms. The molecule has 1 aromatic carbocycles. The van der Waals surface area contributed by atoms with Crippen molar-refractivity contribution >= 4 is 24.0 Å². The minimum Gasteiger partial charge on any atom is -0.478 e. The molecule has 0 aliphatic heterocycles. The number of ether oxygens (including phenoxy) is 2. The third kappa shape index (κ3) is 6.41. The maximum Gasteiger partial charge on any atom is 0.345 e. The predicted octanol–water partition coefficient (Wildman–Crippen LogP) is 3.45. The molecule has 25 heavy (non-hydrogen) atoms. The van der Waals surface area contributed by atoms with E-state index in [1.54, 1.807) is 13.8 Å². The molecule has 2 atom stereocenters. The number of esters is 2. The van der Waals surface area contributed by atoms with Crippen LogP contribution in [0.25, 0.3) is 6.08 Å². The fraction of sp³-hybridized carbons (Fsp3) is 0.421. The summed E-state index contributed by atoms with van der Waals surface area (Å²) in [5.41, 5.74) is 0.397. The van der Waals surface area contributed by atoms with E-state index in [0.29, 0.717) is 18.4 Å². The quantitative estimate of drug-likeness (QED) is 0.335. The topological polar surface area (TPSA) is 89.9 Å². The second-order valence-electron chi connectivity index (χ2n) is 5.73. The maximum absolute atomic E-state index is 12.3. The van der Waals surface area contributed by atoms with Gasteiger partial charge in [-0.2, -0.15) is 0 Å². The zero-order valence-corrected chi connectivity index (χ0v) is 14.9. The van der Waals surface area contributed by atoms with Gasteiger partial charge in [-0.15, -0.1) is 0 Å². The van der Waals surface area contributed by atoms with Gasteiger partial charge >= 0.3 is 17.9 Å². The molecule has 136 valence electrons. The number of hydrogen-bond acceptors (Lipinski definition) is 5. The van der Waals surface area contributed by atoms with E-state index in [0.717, 1.165) is 0 Å². The zero-order valence-electron chi connectivity index (χ0n) is 14.9. The van der Waals surface area contributed by atoms with E-state index < -0.39 is 17.9 Å². The molecular weight excluding hydrogens is 324 g/mol. The number of aromatic carboxylic acids is 1. The summed E-state index contributed by atoms with van der Waals surface area (Å²) in [4.78, 5) is 35.5. The number of carbonyl (C=O) groups is 3. The third-order valence-electron chi connectivity index (χ3n) is 3.67. The first-order valence-corrected chi connectivity index (χ1v) is 8.25. The molecule has 0 saturated heterocycles. The lowest BCUT2D eigenvalue weighted by Crippen LogP contribution is -2.24. The van der Waals surface area contributed by atoms with E-state index in [-0.39, 0.29) is 23.3 Å². The molecule has 0 amide bonds. The van der Waals surface area contributed by atoms with Gasteiger partial charge in [0.1, 0.15) is 5.57 Å². The highest BCUT2D eigenvalue weighted by atomic mass is 16.6. The Bertz CT molecular complexity index is 618. The number of carboxylic acids is 1. The largest absolute Gasteiger partial charge is 0.478 e. The van der Waals surface area contributed by atoms with Crippen molar-refractivity contribution in [3.05, 3.63) is 41.0 Å². The van der Waals surface area contributed by atoms with Crippen molar-refractivity contribution in [1.29, 1.82) is 0 Å². The first kappa shape index (κ1) is 20.4. The number of carboxylic acid groups (broad SMARTS) is 1. The first-order chi connectivity index (χ1) is 11.8. The Morgan fingerprint density at radius 3 is 1.76 bits per heavy atom. The van der Waals surface area contributed by atoms with Crippen LogP contribution in [-0.2, 0) is 19.1 Å².